The summed E-state index contributed by atoms with van der Waals surface area (Å²) in [5.41, 5.74) is 1.40. The number of guanidine groups is 1. The van der Waals surface area contributed by atoms with Gasteiger partial charge in [-0.2, -0.15) is 0 Å². The van der Waals surface area contributed by atoms with E-state index in [4.69, 9.17) is 4.99 Å². The Morgan fingerprint density at radius 1 is 1.09 bits per heavy atom. The van der Waals surface area contributed by atoms with Crippen LogP contribution in [0, 0.1) is 5.92 Å². The SMILES string of the molecule is CCNC(=NCCCN1CCN(Cc2ccccc2)CC1)NC1CCN(C(=O)C(C)C)C1. The molecular formula is C25H42N6O. The summed E-state index contributed by atoms with van der Waals surface area (Å²) in [4.78, 5) is 24.1. The van der Waals surface area contributed by atoms with Gasteiger partial charge in [0.2, 0.25) is 5.91 Å². The second kappa shape index (κ2) is 12.8. The number of nitrogens with zero attached hydrogens (tertiary/aromatic N) is 4. The van der Waals surface area contributed by atoms with E-state index in [1.807, 2.05) is 18.7 Å². The molecule has 0 bridgehead atoms. The molecule has 1 atom stereocenters. The second-order valence-electron chi connectivity index (χ2n) is 9.29. The first-order valence-electron chi connectivity index (χ1n) is 12.4. The Morgan fingerprint density at radius 3 is 2.50 bits per heavy atom. The lowest BCUT2D eigenvalue weighted by molar-refractivity contribution is -0.133. The van der Waals surface area contributed by atoms with E-state index in [1.54, 1.807) is 0 Å². The van der Waals surface area contributed by atoms with Crippen molar-refractivity contribution in [3.63, 3.8) is 0 Å². The van der Waals surface area contributed by atoms with Crippen molar-refractivity contribution < 1.29 is 4.79 Å². The minimum Gasteiger partial charge on any atom is -0.357 e. The lowest BCUT2D eigenvalue weighted by Gasteiger charge is -2.34. The van der Waals surface area contributed by atoms with E-state index < -0.39 is 0 Å². The highest BCUT2D eigenvalue weighted by Gasteiger charge is 2.28. The molecule has 2 N–H and O–H groups in total. The smallest absolute Gasteiger partial charge is 0.225 e. The highest BCUT2D eigenvalue weighted by molar-refractivity contribution is 5.81. The molecule has 2 heterocycles. The van der Waals surface area contributed by atoms with Gasteiger partial charge in [0.25, 0.3) is 0 Å². The maximum absolute atomic E-state index is 12.2. The number of nitrogens with one attached hydrogen (secondary N) is 2. The molecule has 2 saturated heterocycles. The summed E-state index contributed by atoms with van der Waals surface area (Å²) >= 11 is 0. The number of benzene rings is 1. The predicted octanol–water partition coefficient (Wildman–Crippen LogP) is 2.01. The van der Waals surface area contributed by atoms with Gasteiger partial charge in [-0.25, -0.2) is 0 Å². The van der Waals surface area contributed by atoms with Crippen LogP contribution in [-0.2, 0) is 11.3 Å². The zero-order valence-corrected chi connectivity index (χ0v) is 20.2. The molecule has 2 aliphatic heterocycles. The van der Waals surface area contributed by atoms with E-state index in [1.165, 1.54) is 5.56 Å². The fourth-order valence-corrected chi connectivity index (χ4v) is 4.45. The molecule has 1 unspecified atom stereocenters. The van der Waals surface area contributed by atoms with Crippen molar-refractivity contribution in [2.75, 3.05) is 58.9 Å². The molecule has 2 aliphatic rings. The number of rotatable bonds is 9. The normalized spacial score (nSPS) is 20.7. The van der Waals surface area contributed by atoms with Crippen LogP contribution in [-0.4, -0.2) is 91.5 Å². The monoisotopic (exact) mass is 442 g/mol. The van der Waals surface area contributed by atoms with Gasteiger partial charge in [0.05, 0.1) is 0 Å². The van der Waals surface area contributed by atoms with Crippen LogP contribution in [0.3, 0.4) is 0 Å². The van der Waals surface area contributed by atoms with Crippen LogP contribution in [0.25, 0.3) is 0 Å². The van der Waals surface area contributed by atoms with Crippen molar-refractivity contribution in [2.24, 2.45) is 10.9 Å². The van der Waals surface area contributed by atoms with Gasteiger partial charge in [-0.1, -0.05) is 44.2 Å². The number of aliphatic imine (C=N–C) groups is 1. The summed E-state index contributed by atoms with van der Waals surface area (Å²) in [5, 5.41) is 6.89. The molecule has 0 radical (unpaired) electrons. The van der Waals surface area contributed by atoms with Crippen molar-refractivity contribution in [1.82, 2.24) is 25.3 Å². The summed E-state index contributed by atoms with van der Waals surface area (Å²) in [6, 6.07) is 11.0. The van der Waals surface area contributed by atoms with Crippen LogP contribution in [0.2, 0.25) is 0 Å². The summed E-state index contributed by atoms with van der Waals surface area (Å²) < 4.78 is 0. The van der Waals surface area contributed by atoms with Gasteiger partial charge in [-0.3, -0.25) is 14.7 Å². The van der Waals surface area contributed by atoms with Gasteiger partial charge in [0.15, 0.2) is 5.96 Å². The lowest BCUT2D eigenvalue weighted by Crippen LogP contribution is -2.46. The van der Waals surface area contributed by atoms with Gasteiger partial charge in [-0.15, -0.1) is 0 Å². The first kappa shape index (κ1) is 24.5. The Hall–Kier alpha value is -2.12. The summed E-state index contributed by atoms with van der Waals surface area (Å²) in [6.07, 6.45) is 2.05. The third-order valence-corrected chi connectivity index (χ3v) is 6.30. The Kier molecular flexibility index (Phi) is 9.81. The van der Waals surface area contributed by atoms with Crippen molar-refractivity contribution >= 4 is 11.9 Å². The van der Waals surface area contributed by atoms with Crippen molar-refractivity contribution in [1.29, 1.82) is 0 Å². The van der Waals surface area contributed by atoms with Crippen LogP contribution in [0.15, 0.2) is 35.3 Å². The third kappa shape index (κ3) is 7.78. The molecule has 1 amide bonds. The number of hydrogen-bond acceptors (Lipinski definition) is 4. The number of piperazine rings is 1. The zero-order valence-electron chi connectivity index (χ0n) is 20.2. The van der Waals surface area contributed by atoms with Gasteiger partial charge in [-0.05, 0) is 25.3 Å². The molecule has 1 aromatic carbocycles. The highest BCUT2D eigenvalue weighted by Crippen LogP contribution is 2.13. The summed E-state index contributed by atoms with van der Waals surface area (Å²) in [5.74, 6) is 1.19. The summed E-state index contributed by atoms with van der Waals surface area (Å²) in [7, 11) is 0. The Bertz CT molecular complexity index is 714. The maximum atomic E-state index is 12.2. The number of carbonyl (C=O) groups is 1. The number of carbonyl (C=O) groups excluding carboxylic acids is 1. The molecular weight excluding hydrogens is 400 g/mol. The van der Waals surface area contributed by atoms with E-state index in [2.05, 4.69) is 57.7 Å². The van der Waals surface area contributed by atoms with Crippen LogP contribution < -0.4 is 10.6 Å². The average Bonchev–Trinajstić information content (AvgIpc) is 3.26. The first-order valence-corrected chi connectivity index (χ1v) is 12.4. The van der Waals surface area contributed by atoms with Gasteiger partial charge < -0.3 is 20.4 Å². The standard InChI is InChI=1S/C25H42N6O/c1-4-26-25(28-23-11-14-31(20-23)24(32)21(2)3)27-12-8-13-29-15-17-30(18-16-29)19-22-9-6-5-7-10-22/h5-7,9-10,21,23H,4,8,11-20H2,1-3H3,(H2,26,27,28). The Morgan fingerprint density at radius 2 is 1.81 bits per heavy atom. The van der Waals surface area contributed by atoms with Crippen molar-refractivity contribution in [3.8, 4) is 0 Å². The molecule has 32 heavy (non-hydrogen) atoms. The number of hydrogen-bond donors (Lipinski definition) is 2. The van der Waals surface area contributed by atoms with E-state index in [-0.39, 0.29) is 17.9 Å². The largest absolute Gasteiger partial charge is 0.357 e. The zero-order chi connectivity index (χ0) is 22.8. The molecule has 1 aromatic rings. The second-order valence-corrected chi connectivity index (χ2v) is 9.29. The molecule has 7 nitrogen and oxygen atoms in total. The molecule has 2 fully saturated rings. The first-order chi connectivity index (χ1) is 15.5. The molecule has 0 spiro atoms. The predicted molar refractivity (Wildman–Crippen MR) is 132 cm³/mol. The topological polar surface area (TPSA) is 63.2 Å². The fourth-order valence-electron chi connectivity index (χ4n) is 4.45. The average molecular weight is 443 g/mol. The molecule has 178 valence electrons. The van der Waals surface area contributed by atoms with Gasteiger partial charge in [0, 0.05) is 77.4 Å². The van der Waals surface area contributed by atoms with Crippen LogP contribution in [0.4, 0.5) is 0 Å². The third-order valence-electron chi connectivity index (χ3n) is 6.30. The number of likely N-dealkylation sites (tertiary alicyclic amines) is 1. The fraction of sp³-hybridized carbons (Fsp3) is 0.680. The molecule has 7 heteroatoms. The van der Waals surface area contributed by atoms with Crippen LogP contribution in [0.5, 0.6) is 0 Å². The van der Waals surface area contributed by atoms with E-state index in [9.17, 15) is 4.79 Å². The molecule has 3 rings (SSSR count). The minimum absolute atomic E-state index is 0.0656. The molecule has 0 saturated carbocycles. The lowest BCUT2D eigenvalue weighted by atomic mass is 10.2. The van der Waals surface area contributed by atoms with Crippen molar-refractivity contribution in [3.05, 3.63) is 35.9 Å². The molecule has 0 aromatic heterocycles. The minimum atomic E-state index is 0.0656. The van der Waals surface area contributed by atoms with Crippen LogP contribution >= 0.6 is 0 Å². The quantitative estimate of drug-likeness (QED) is 0.348. The van der Waals surface area contributed by atoms with Crippen LogP contribution in [0.1, 0.15) is 39.2 Å². The maximum Gasteiger partial charge on any atom is 0.225 e. The molecule has 0 aliphatic carbocycles. The summed E-state index contributed by atoms with van der Waals surface area (Å²) in [6.45, 7) is 16.0. The van der Waals surface area contributed by atoms with E-state index in [0.717, 1.165) is 84.2 Å². The van der Waals surface area contributed by atoms with E-state index in [0.29, 0.717) is 0 Å². The number of amides is 1. The van der Waals surface area contributed by atoms with Crippen molar-refractivity contribution in [2.45, 2.75) is 46.2 Å². The van der Waals surface area contributed by atoms with Gasteiger partial charge in [0.1, 0.15) is 0 Å². The Labute approximate surface area is 194 Å². The Balaban J connectivity index is 1.34. The highest BCUT2D eigenvalue weighted by atomic mass is 16.2. The van der Waals surface area contributed by atoms with E-state index >= 15 is 0 Å². The van der Waals surface area contributed by atoms with Gasteiger partial charge >= 0.3 is 0 Å².